The zero-order valence-electron chi connectivity index (χ0n) is 11.2. The SMILES string of the molecule is CC(O)CC1CCCCN1C(=O)c1ccc(F)cc1. The van der Waals surface area contributed by atoms with Crippen LogP contribution in [0.1, 0.15) is 43.0 Å². The molecule has 1 N–H and O–H groups in total. The van der Waals surface area contributed by atoms with Gasteiger partial charge in [-0.2, -0.15) is 0 Å². The van der Waals surface area contributed by atoms with E-state index in [9.17, 15) is 14.3 Å². The van der Waals surface area contributed by atoms with E-state index in [4.69, 9.17) is 0 Å². The predicted octanol–water partition coefficient (Wildman–Crippen LogP) is 2.59. The van der Waals surface area contributed by atoms with Crippen LogP contribution in [-0.4, -0.2) is 34.6 Å². The van der Waals surface area contributed by atoms with Crippen LogP contribution in [0.15, 0.2) is 24.3 Å². The van der Waals surface area contributed by atoms with Crippen LogP contribution >= 0.6 is 0 Å². The number of likely N-dealkylation sites (tertiary alicyclic amines) is 1. The zero-order valence-corrected chi connectivity index (χ0v) is 11.2. The van der Waals surface area contributed by atoms with Gasteiger partial charge in [0.15, 0.2) is 0 Å². The molecule has 0 saturated carbocycles. The van der Waals surface area contributed by atoms with E-state index in [1.807, 2.05) is 4.90 Å². The quantitative estimate of drug-likeness (QED) is 0.912. The molecule has 0 aromatic heterocycles. The van der Waals surface area contributed by atoms with Gasteiger partial charge in [-0.1, -0.05) is 0 Å². The van der Waals surface area contributed by atoms with Crippen LogP contribution in [0.5, 0.6) is 0 Å². The molecule has 4 heteroatoms. The highest BCUT2D eigenvalue weighted by molar-refractivity contribution is 5.94. The number of hydrogen-bond donors (Lipinski definition) is 1. The Morgan fingerprint density at radius 3 is 2.74 bits per heavy atom. The molecule has 19 heavy (non-hydrogen) atoms. The van der Waals surface area contributed by atoms with Crippen LogP contribution in [0.3, 0.4) is 0 Å². The van der Waals surface area contributed by atoms with Crippen molar-refractivity contribution >= 4 is 5.91 Å². The minimum absolute atomic E-state index is 0.0645. The average molecular weight is 265 g/mol. The maximum absolute atomic E-state index is 12.9. The van der Waals surface area contributed by atoms with Crippen molar-refractivity contribution in [3.8, 4) is 0 Å². The lowest BCUT2D eigenvalue weighted by molar-refractivity contribution is 0.0515. The zero-order chi connectivity index (χ0) is 13.8. The van der Waals surface area contributed by atoms with Gasteiger partial charge in [-0.25, -0.2) is 4.39 Å². The van der Waals surface area contributed by atoms with Crippen molar-refractivity contribution in [1.82, 2.24) is 4.90 Å². The van der Waals surface area contributed by atoms with Gasteiger partial charge in [0.2, 0.25) is 0 Å². The fraction of sp³-hybridized carbons (Fsp3) is 0.533. The third-order valence-corrected chi connectivity index (χ3v) is 3.59. The number of rotatable bonds is 3. The molecule has 0 bridgehead atoms. The molecule has 0 aliphatic carbocycles. The number of aliphatic hydroxyl groups is 1. The Hall–Kier alpha value is -1.42. The largest absolute Gasteiger partial charge is 0.393 e. The van der Waals surface area contributed by atoms with Crippen LogP contribution in [0, 0.1) is 5.82 Å². The second-order valence-electron chi connectivity index (χ2n) is 5.24. The van der Waals surface area contributed by atoms with Crippen LogP contribution in [0.2, 0.25) is 0 Å². The summed E-state index contributed by atoms with van der Waals surface area (Å²) in [4.78, 5) is 14.2. The molecular formula is C15H20FNO2. The molecule has 1 saturated heterocycles. The Morgan fingerprint density at radius 2 is 2.11 bits per heavy atom. The number of nitrogens with zero attached hydrogens (tertiary/aromatic N) is 1. The van der Waals surface area contributed by atoms with Gasteiger partial charge in [0.25, 0.3) is 5.91 Å². The standard InChI is InChI=1S/C15H20FNO2/c1-11(18)10-14-4-2-3-9-17(14)15(19)12-5-7-13(16)8-6-12/h5-8,11,14,18H,2-4,9-10H2,1H3. The van der Waals surface area contributed by atoms with E-state index in [0.717, 1.165) is 19.3 Å². The van der Waals surface area contributed by atoms with Crippen molar-refractivity contribution in [2.75, 3.05) is 6.54 Å². The second kappa shape index (κ2) is 6.15. The number of carbonyl (C=O) groups is 1. The summed E-state index contributed by atoms with van der Waals surface area (Å²) in [7, 11) is 0. The summed E-state index contributed by atoms with van der Waals surface area (Å²) >= 11 is 0. The normalized spacial score (nSPS) is 21.2. The number of halogens is 1. The lowest BCUT2D eigenvalue weighted by Gasteiger charge is -2.36. The van der Waals surface area contributed by atoms with Crippen LogP contribution in [-0.2, 0) is 0 Å². The van der Waals surface area contributed by atoms with E-state index in [0.29, 0.717) is 18.5 Å². The fourth-order valence-electron chi connectivity index (χ4n) is 2.67. The summed E-state index contributed by atoms with van der Waals surface area (Å²) < 4.78 is 12.9. The molecule has 0 spiro atoms. The molecule has 3 nitrogen and oxygen atoms in total. The third-order valence-electron chi connectivity index (χ3n) is 3.59. The van der Waals surface area contributed by atoms with Gasteiger partial charge in [-0.05, 0) is 56.9 Å². The lowest BCUT2D eigenvalue weighted by Crippen LogP contribution is -2.45. The summed E-state index contributed by atoms with van der Waals surface area (Å²) in [6.45, 7) is 2.46. The average Bonchev–Trinajstić information content (AvgIpc) is 2.39. The first-order chi connectivity index (χ1) is 9.08. The van der Waals surface area contributed by atoms with Crippen LogP contribution in [0.4, 0.5) is 4.39 Å². The third kappa shape index (κ3) is 3.53. The number of aliphatic hydroxyl groups excluding tert-OH is 1. The Balaban J connectivity index is 2.12. The highest BCUT2D eigenvalue weighted by Crippen LogP contribution is 2.23. The van der Waals surface area contributed by atoms with E-state index in [-0.39, 0.29) is 17.8 Å². The monoisotopic (exact) mass is 265 g/mol. The van der Waals surface area contributed by atoms with E-state index < -0.39 is 6.10 Å². The number of hydrogen-bond acceptors (Lipinski definition) is 2. The maximum Gasteiger partial charge on any atom is 0.254 e. The Kier molecular flexibility index (Phi) is 4.53. The lowest BCUT2D eigenvalue weighted by atomic mass is 9.96. The van der Waals surface area contributed by atoms with Crippen molar-refractivity contribution in [3.63, 3.8) is 0 Å². The number of benzene rings is 1. The second-order valence-corrected chi connectivity index (χ2v) is 5.24. The van der Waals surface area contributed by atoms with E-state index >= 15 is 0 Å². The summed E-state index contributed by atoms with van der Waals surface area (Å²) in [5.74, 6) is -0.402. The molecule has 2 atom stereocenters. The van der Waals surface area contributed by atoms with Gasteiger partial charge >= 0.3 is 0 Å². The van der Waals surface area contributed by atoms with Gasteiger partial charge in [0.05, 0.1) is 6.10 Å². The molecule has 1 aromatic carbocycles. The van der Waals surface area contributed by atoms with Crippen LogP contribution < -0.4 is 0 Å². The maximum atomic E-state index is 12.9. The van der Waals surface area contributed by atoms with Crippen LogP contribution in [0.25, 0.3) is 0 Å². The topological polar surface area (TPSA) is 40.5 Å². The van der Waals surface area contributed by atoms with Gasteiger partial charge < -0.3 is 10.0 Å². The first-order valence-electron chi connectivity index (χ1n) is 6.82. The van der Waals surface area contributed by atoms with E-state index in [2.05, 4.69) is 0 Å². The van der Waals surface area contributed by atoms with Gasteiger partial charge in [0.1, 0.15) is 5.82 Å². The van der Waals surface area contributed by atoms with E-state index in [1.165, 1.54) is 24.3 Å². The number of amides is 1. The van der Waals surface area contributed by atoms with Gasteiger partial charge in [0, 0.05) is 18.2 Å². The summed E-state index contributed by atoms with van der Waals surface area (Å²) in [5.41, 5.74) is 0.513. The Bertz CT molecular complexity index is 430. The van der Waals surface area contributed by atoms with Crippen molar-refractivity contribution in [3.05, 3.63) is 35.6 Å². The Morgan fingerprint density at radius 1 is 1.42 bits per heavy atom. The highest BCUT2D eigenvalue weighted by Gasteiger charge is 2.28. The molecule has 2 unspecified atom stereocenters. The van der Waals surface area contributed by atoms with Gasteiger partial charge in [-0.15, -0.1) is 0 Å². The summed E-state index contributed by atoms with van der Waals surface area (Å²) in [6, 6.07) is 5.74. The molecule has 1 heterocycles. The molecule has 1 amide bonds. The smallest absolute Gasteiger partial charge is 0.254 e. The summed E-state index contributed by atoms with van der Waals surface area (Å²) in [5, 5.41) is 9.52. The van der Waals surface area contributed by atoms with Crippen molar-refractivity contribution in [2.45, 2.75) is 44.8 Å². The number of piperidine rings is 1. The molecule has 104 valence electrons. The van der Waals surface area contributed by atoms with Crippen molar-refractivity contribution < 1.29 is 14.3 Å². The Labute approximate surface area is 113 Å². The molecule has 0 radical (unpaired) electrons. The molecule has 1 aliphatic rings. The fourth-order valence-corrected chi connectivity index (χ4v) is 2.67. The van der Waals surface area contributed by atoms with E-state index in [1.54, 1.807) is 6.92 Å². The minimum atomic E-state index is -0.411. The summed E-state index contributed by atoms with van der Waals surface area (Å²) in [6.07, 6.45) is 3.20. The minimum Gasteiger partial charge on any atom is -0.393 e. The van der Waals surface area contributed by atoms with Crippen molar-refractivity contribution in [2.24, 2.45) is 0 Å². The molecule has 2 rings (SSSR count). The molecule has 1 aromatic rings. The molecule has 1 fully saturated rings. The van der Waals surface area contributed by atoms with Crippen molar-refractivity contribution in [1.29, 1.82) is 0 Å². The highest BCUT2D eigenvalue weighted by atomic mass is 19.1. The van der Waals surface area contributed by atoms with Gasteiger partial charge in [-0.3, -0.25) is 4.79 Å². The predicted molar refractivity (Wildman–Crippen MR) is 71.4 cm³/mol. The number of carbonyl (C=O) groups excluding carboxylic acids is 1. The first kappa shape index (κ1) is 14.0. The first-order valence-corrected chi connectivity index (χ1v) is 6.82. The molecular weight excluding hydrogens is 245 g/mol. The molecule has 1 aliphatic heterocycles.